The van der Waals surface area contributed by atoms with Gasteiger partial charge >= 0.3 is 5.97 Å². The van der Waals surface area contributed by atoms with Gasteiger partial charge < -0.3 is 10.1 Å². The number of ether oxygens (including phenoxy) is 1. The summed E-state index contributed by atoms with van der Waals surface area (Å²) >= 11 is 6.07. The lowest BCUT2D eigenvalue weighted by Crippen LogP contribution is -2.29. The van der Waals surface area contributed by atoms with Gasteiger partial charge in [-0.3, -0.25) is 14.9 Å². The molecular formula is C27H21ClN2O5. The van der Waals surface area contributed by atoms with Crippen LogP contribution in [-0.4, -0.2) is 23.3 Å². The number of nitrogens with one attached hydrogen (secondary N) is 1. The average Bonchev–Trinajstić information content (AvgIpc) is 3.37. The number of hydrogen-bond acceptors (Lipinski definition) is 6. The number of carbonyl (C=O) groups is 2. The Kier molecular flexibility index (Phi) is 6.09. The highest BCUT2D eigenvalue weighted by Crippen LogP contribution is 2.50. The number of carbonyl (C=O) groups excluding carboxylic acids is 2. The fraction of sp³-hybridized carbons (Fsp3) is 0.185. The number of Topliss-reactive ketones (excluding diaryl/α,β-unsaturated/α-hetero) is 1. The second kappa shape index (κ2) is 9.35. The van der Waals surface area contributed by atoms with Crippen LogP contribution in [0.15, 0.2) is 78.9 Å². The largest absolute Gasteiger partial charge is 0.454 e. The molecule has 0 radical (unpaired) electrons. The lowest BCUT2D eigenvalue weighted by Gasteiger charge is -2.37. The standard InChI is InChI=1S/C27H21ClN2O5/c28-19-9-4-17(5-10-19)26-22-3-1-2-21(22)23-14-18(8-13-24(23)29-26)27(32)35-15-25(31)16-6-11-20(12-7-16)30(33)34/h1-2,4-14,21-22,26,29H,3,15H2. The van der Waals surface area contributed by atoms with Crippen LogP contribution >= 0.6 is 11.6 Å². The molecule has 3 atom stereocenters. The molecule has 3 aromatic rings. The zero-order valence-corrected chi connectivity index (χ0v) is 19.3. The molecule has 5 rings (SSSR count). The maximum atomic E-state index is 12.7. The Morgan fingerprint density at radius 2 is 1.74 bits per heavy atom. The van der Waals surface area contributed by atoms with Crippen molar-refractivity contribution in [1.82, 2.24) is 0 Å². The lowest BCUT2D eigenvalue weighted by molar-refractivity contribution is -0.384. The first-order valence-corrected chi connectivity index (χ1v) is 11.6. The molecule has 176 valence electrons. The summed E-state index contributed by atoms with van der Waals surface area (Å²) in [5.41, 5.74) is 3.63. The van der Waals surface area contributed by atoms with Gasteiger partial charge in [-0.05, 0) is 65.9 Å². The number of rotatable bonds is 6. The number of benzene rings is 3. The smallest absolute Gasteiger partial charge is 0.338 e. The SMILES string of the molecule is O=C(COC(=O)c1ccc2c(c1)C1C=CCC1C(c1ccc(Cl)cc1)N2)c1ccc([N+](=O)[O-])cc1. The quantitative estimate of drug-likeness (QED) is 0.148. The highest BCUT2D eigenvalue weighted by Gasteiger charge is 2.38. The van der Waals surface area contributed by atoms with Gasteiger partial charge in [-0.2, -0.15) is 0 Å². The van der Waals surface area contributed by atoms with Gasteiger partial charge in [0.25, 0.3) is 5.69 Å². The number of nitro benzene ring substituents is 1. The maximum Gasteiger partial charge on any atom is 0.338 e. The third-order valence-electron chi connectivity index (χ3n) is 6.56. The molecule has 3 aromatic carbocycles. The van der Waals surface area contributed by atoms with Gasteiger partial charge in [0.2, 0.25) is 0 Å². The van der Waals surface area contributed by atoms with Crippen LogP contribution in [0.5, 0.6) is 0 Å². The Morgan fingerprint density at radius 3 is 2.46 bits per heavy atom. The normalized spacial score (nSPS) is 19.9. The van der Waals surface area contributed by atoms with E-state index in [2.05, 4.69) is 17.5 Å². The summed E-state index contributed by atoms with van der Waals surface area (Å²) in [6.07, 6.45) is 5.27. The third kappa shape index (κ3) is 4.55. The maximum absolute atomic E-state index is 12.7. The Hall–Kier alpha value is -3.97. The first-order valence-electron chi connectivity index (χ1n) is 11.2. The van der Waals surface area contributed by atoms with Gasteiger partial charge in [0.05, 0.1) is 16.5 Å². The average molecular weight is 489 g/mol. The molecular weight excluding hydrogens is 468 g/mol. The van der Waals surface area contributed by atoms with Gasteiger partial charge in [-0.15, -0.1) is 0 Å². The zero-order chi connectivity index (χ0) is 24.5. The zero-order valence-electron chi connectivity index (χ0n) is 18.5. The molecule has 0 bridgehead atoms. The number of hydrogen-bond donors (Lipinski definition) is 1. The highest BCUT2D eigenvalue weighted by atomic mass is 35.5. The van der Waals surface area contributed by atoms with Gasteiger partial charge in [-0.1, -0.05) is 35.9 Å². The Bertz CT molecular complexity index is 1330. The van der Waals surface area contributed by atoms with E-state index in [1.807, 2.05) is 36.4 Å². The Morgan fingerprint density at radius 1 is 1.03 bits per heavy atom. The van der Waals surface area contributed by atoms with Crippen LogP contribution in [0.1, 0.15) is 50.2 Å². The van der Waals surface area contributed by atoms with Gasteiger partial charge in [0, 0.05) is 34.3 Å². The van der Waals surface area contributed by atoms with Crippen molar-refractivity contribution in [1.29, 1.82) is 0 Å². The molecule has 1 N–H and O–H groups in total. The molecule has 1 aliphatic carbocycles. The van der Waals surface area contributed by atoms with E-state index < -0.39 is 23.3 Å². The summed E-state index contributed by atoms with van der Waals surface area (Å²) in [7, 11) is 0. The lowest BCUT2D eigenvalue weighted by atomic mass is 9.76. The van der Waals surface area contributed by atoms with Crippen LogP contribution in [-0.2, 0) is 4.74 Å². The minimum Gasteiger partial charge on any atom is -0.454 e. The topological polar surface area (TPSA) is 98.5 Å². The third-order valence-corrected chi connectivity index (χ3v) is 6.81. The molecule has 0 saturated carbocycles. The molecule has 2 aliphatic rings. The fourth-order valence-electron chi connectivity index (χ4n) is 4.79. The van der Waals surface area contributed by atoms with E-state index in [4.69, 9.17) is 16.3 Å². The van der Waals surface area contributed by atoms with Crippen molar-refractivity contribution in [2.75, 3.05) is 11.9 Å². The van der Waals surface area contributed by atoms with E-state index in [0.717, 1.165) is 23.2 Å². The van der Waals surface area contributed by atoms with Crippen molar-refractivity contribution >= 4 is 34.7 Å². The molecule has 0 amide bonds. The van der Waals surface area contributed by atoms with Crippen LogP contribution < -0.4 is 5.32 Å². The summed E-state index contributed by atoms with van der Waals surface area (Å²) in [5.74, 6) is -0.570. The van der Waals surface area contributed by atoms with E-state index in [9.17, 15) is 19.7 Å². The first-order chi connectivity index (χ1) is 16.9. The number of non-ortho nitro benzene ring substituents is 1. The van der Waals surface area contributed by atoms with E-state index in [-0.39, 0.29) is 23.2 Å². The van der Waals surface area contributed by atoms with Crippen molar-refractivity contribution in [3.05, 3.63) is 116 Å². The molecule has 35 heavy (non-hydrogen) atoms. The summed E-state index contributed by atoms with van der Waals surface area (Å²) < 4.78 is 5.25. The number of nitrogens with zero attached hydrogens (tertiary/aromatic N) is 1. The van der Waals surface area contributed by atoms with Crippen LogP contribution in [0.3, 0.4) is 0 Å². The monoisotopic (exact) mass is 488 g/mol. The summed E-state index contributed by atoms with van der Waals surface area (Å²) in [5, 5.41) is 15.1. The molecule has 0 saturated heterocycles. The number of fused-ring (bicyclic) bond motifs is 3. The number of halogens is 1. The fourth-order valence-corrected chi connectivity index (χ4v) is 4.91. The summed E-state index contributed by atoms with van der Waals surface area (Å²) in [4.78, 5) is 35.3. The van der Waals surface area contributed by atoms with E-state index in [1.54, 1.807) is 6.07 Å². The van der Waals surface area contributed by atoms with Crippen LogP contribution in [0.4, 0.5) is 11.4 Å². The predicted molar refractivity (Wildman–Crippen MR) is 132 cm³/mol. The second-order valence-corrected chi connectivity index (χ2v) is 9.07. The summed E-state index contributed by atoms with van der Waals surface area (Å²) in [6, 6.07) is 18.5. The van der Waals surface area contributed by atoms with Crippen molar-refractivity contribution < 1.29 is 19.2 Å². The van der Waals surface area contributed by atoms with Crippen molar-refractivity contribution in [3.8, 4) is 0 Å². The number of esters is 1. The second-order valence-electron chi connectivity index (χ2n) is 8.63. The molecule has 0 fully saturated rings. The van der Waals surface area contributed by atoms with Crippen molar-refractivity contribution in [2.45, 2.75) is 18.4 Å². The number of nitro groups is 1. The molecule has 7 nitrogen and oxygen atoms in total. The number of ketones is 1. The highest BCUT2D eigenvalue weighted by molar-refractivity contribution is 6.30. The Balaban J connectivity index is 1.30. The Labute approximate surface area is 206 Å². The van der Waals surface area contributed by atoms with Crippen LogP contribution in [0.2, 0.25) is 5.02 Å². The van der Waals surface area contributed by atoms with E-state index in [0.29, 0.717) is 16.5 Å². The minimum absolute atomic E-state index is 0.112. The van der Waals surface area contributed by atoms with Crippen LogP contribution in [0, 0.1) is 16.0 Å². The van der Waals surface area contributed by atoms with Gasteiger partial charge in [0.15, 0.2) is 12.4 Å². The van der Waals surface area contributed by atoms with E-state index >= 15 is 0 Å². The van der Waals surface area contributed by atoms with Crippen LogP contribution in [0.25, 0.3) is 0 Å². The molecule has 0 spiro atoms. The molecule has 1 heterocycles. The molecule has 8 heteroatoms. The number of allylic oxidation sites excluding steroid dienone is 2. The van der Waals surface area contributed by atoms with Crippen molar-refractivity contribution in [3.63, 3.8) is 0 Å². The first kappa shape index (κ1) is 22.8. The molecule has 3 unspecified atom stereocenters. The minimum atomic E-state index is -0.596. The van der Waals surface area contributed by atoms with Gasteiger partial charge in [0.1, 0.15) is 0 Å². The molecule has 0 aromatic heterocycles. The van der Waals surface area contributed by atoms with Crippen molar-refractivity contribution in [2.24, 2.45) is 5.92 Å². The summed E-state index contributed by atoms with van der Waals surface area (Å²) in [6.45, 7) is -0.448. The molecule has 1 aliphatic heterocycles. The number of anilines is 1. The van der Waals surface area contributed by atoms with Gasteiger partial charge in [-0.25, -0.2) is 4.79 Å². The van der Waals surface area contributed by atoms with E-state index in [1.165, 1.54) is 24.3 Å². The predicted octanol–water partition coefficient (Wildman–Crippen LogP) is 6.11.